The van der Waals surface area contributed by atoms with Crippen molar-refractivity contribution in [1.29, 1.82) is 0 Å². The summed E-state index contributed by atoms with van der Waals surface area (Å²) in [6.45, 7) is 7.58. The van der Waals surface area contributed by atoms with E-state index in [2.05, 4.69) is 25.8 Å². The quantitative estimate of drug-likeness (QED) is 0.761. The first-order chi connectivity index (χ1) is 9.20. The number of hydrogen-bond donors (Lipinski definition) is 1. The lowest BCUT2D eigenvalue weighted by Crippen LogP contribution is -2.43. The van der Waals surface area contributed by atoms with Gasteiger partial charge in [-0.25, -0.2) is 12.7 Å². The second-order valence-corrected chi connectivity index (χ2v) is 8.57. The van der Waals surface area contributed by atoms with E-state index < -0.39 is 10.0 Å². The van der Waals surface area contributed by atoms with Crippen molar-refractivity contribution in [3.8, 4) is 0 Å². The van der Waals surface area contributed by atoms with Gasteiger partial charge >= 0.3 is 0 Å². The van der Waals surface area contributed by atoms with E-state index in [9.17, 15) is 8.42 Å². The van der Waals surface area contributed by atoms with Gasteiger partial charge in [-0.3, -0.25) is 0 Å². The fourth-order valence-corrected chi connectivity index (χ4v) is 3.65. The Morgan fingerprint density at radius 2 is 2.05 bits per heavy atom. The number of sulfonamides is 1. The molecule has 1 heterocycles. The molecule has 0 aromatic heterocycles. The Balaban J connectivity index is 2.36. The molecular weight excluding hydrogens is 274 g/mol. The van der Waals surface area contributed by atoms with Gasteiger partial charge in [-0.15, -0.1) is 0 Å². The molecule has 0 saturated carbocycles. The Morgan fingerprint density at radius 1 is 1.40 bits per heavy atom. The van der Waals surface area contributed by atoms with Crippen LogP contribution in [-0.2, 0) is 10.0 Å². The van der Waals surface area contributed by atoms with Crippen molar-refractivity contribution in [2.45, 2.75) is 39.2 Å². The van der Waals surface area contributed by atoms with E-state index in [0.717, 1.165) is 32.4 Å². The van der Waals surface area contributed by atoms with Crippen LogP contribution in [0.3, 0.4) is 0 Å². The summed E-state index contributed by atoms with van der Waals surface area (Å²) in [6, 6.07) is 0.247. The maximum Gasteiger partial charge on any atom is 0.211 e. The Bertz CT molecular complexity index is 384. The zero-order chi connectivity index (χ0) is 15.3. The average molecular weight is 305 g/mol. The highest BCUT2D eigenvalue weighted by molar-refractivity contribution is 7.88. The van der Waals surface area contributed by atoms with Crippen LogP contribution in [-0.4, -0.2) is 63.1 Å². The van der Waals surface area contributed by atoms with E-state index in [1.165, 1.54) is 6.26 Å². The molecular formula is C14H31N3O2S. The van der Waals surface area contributed by atoms with Crippen LogP contribution < -0.4 is 5.73 Å². The normalized spacial score (nSPS) is 23.4. The predicted molar refractivity (Wildman–Crippen MR) is 84.1 cm³/mol. The van der Waals surface area contributed by atoms with Gasteiger partial charge < -0.3 is 10.6 Å². The van der Waals surface area contributed by atoms with Crippen molar-refractivity contribution < 1.29 is 8.42 Å². The number of nitrogens with zero attached hydrogens (tertiary/aromatic N) is 2. The van der Waals surface area contributed by atoms with Crippen LogP contribution in [0.1, 0.15) is 33.1 Å². The Morgan fingerprint density at radius 3 is 2.60 bits per heavy atom. The minimum atomic E-state index is -3.04. The molecule has 1 fully saturated rings. The lowest BCUT2D eigenvalue weighted by molar-refractivity contribution is 0.195. The molecule has 6 heteroatoms. The molecule has 2 unspecified atom stereocenters. The summed E-state index contributed by atoms with van der Waals surface area (Å²) < 4.78 is 24.8. The zero-order valence-corrected chi connectivity index (χ0v) is 14.2. The third-order valence-electron chi connectivity index (χ3n) is 4.22. The first-order valence-corrected chi connectivity index (χ1v) is 9.44. The summed E-state index contributed by atoms with van der Waals surface area (Å²) in [7, 11) is -0.933. The topological polar surface area (TPSA) is 66.6 Å². The van der Waals surface area contributed by atoms with Gasteiger partial charge in [0.05, 0.1) is 6.26 Å². The van der Waals surface area contributed by atoms with Crippen molar-refractivity contribution in [1.82, 2.24) is 9.21 Å². The molecule has 0 aromatic rings. The summed E-state index contributed by atoms with van der Waals surface area (Å²) in [4.78, 5) is 2.29. The maximum atomic E-state index is 11.6. The standard InChI is InChI=1S/C14H31N3O2S/c1-12(2)14(15)7-9-16(3)10-13-6-5-8-17(11-13)20(4,18)19/h12-14H,5-11,15H2,1-4H3. The number of nitrogens with two attached hydrogens (primary N) is 1. The van der Waals surface area contributed by atoms with E-state index in [-0.39, 0.29) is 6.04 Å². The Hall–Kier alpha value is -0.170. The van der Waals surface area contributed by atoms with Crippen LogP contribution in [0.4, 0.5) is 0 Å². The molecule has 2 N–H and O–H groups in total. The van der Waals surface area contributed by atoms with Crippen molar-refractivity contribution in [3.63, 3.8) is 0 Å². The van der Waals surface area contributed by atoms with E-state index in [1.807, 2.05) is 0 Å². The molecule has 2 atom stereocenters. The molecule has 1 aliphatic rings. The molecule has 1 rings (SSSR count). The second kappa shape index (κ2) is 7.73. The fraction of sp³-hybridized carbons (Fsp3) is 1.00. The van der Waals surface area contributed by atoms with Crippen molar-refractivity contribution >= 4 is 10.0 Å². The summed E-state index contributed by atoms with van der Waals surface area (Å²) >= 11 is 0. The Labute approximate surface area is 124 Å². The molecule has 0 aliphatic carbocycles. The number of piperidine rings is 1. The third kappa shape index (κ3) is 6.08. The van der Waals surface area contributed by atoms with Gasteiger partial charge in [0.1, 0.15) is 0 Å². The summed E-state index contributed by atoms with van der Waals surface area (Å²) in [5.74, 6) is 0.956. The molecule has 5 nitrogen and oxygen atoms in total. The number of hydrogen-bond acceptors (Lipinski definition) is 4. The SMILES string of the molecule is CC(C)C(N)CCN(C)CC1CCCN(S(C)(=O)=O)C1. The first-order valence-electron chi connectivity index (χ1n) is 7.59. The lowest BCUT2D eigenvalue weighted by atomic mass is 9.98. The van der Waals surface area contributed by atoms with Gasteiger partial charge in [0.2, 0.25) is 10.0 Å². The molecule has 0 spiro atoms. The van der Waals surface area contributed by atoms with E-state index >= 15 is 0 Å². The summed E-state index contributed by atoms with van der Waals surface area (Å²) in [5.41, 5.74) is 6.06. The van der Waals surface area contributed by atoms with Gasteiger partial charge in [0.15, 0.2) is 0 Å². The minimum absolute atomic E-state index is 0.247. The monoisotopic (exact) mass is 305 g/mol. The van der Waals surface area contributed by atoms with Gasteiger partial charge in [-0.1, -0.05) is 13.8 Å². The van der Waals surface area contributed by atoms with Crippen LogP contribution in [0, 0.1) is 11.8 Å². The molecule has 0 radical (unpaired) electrons. The largest absolute Gasteiger partial charge is 0.327 e. The van der Waals surface area contributed by atoms with Crippen molar-refractivity contribution in [2.24, 2.45) is 17.6 Å². The number of rotatable bonds is 7. The fourth-order valence-electron chi connectivity index (χ4n) is 2.71. The third-order valence-corrected chi connectivity index (χ3v) is 5.49. The molecule has 0 aromatic carbocycles. The smallest absolute Gasteiger partial charge is 0.211 e. The highest BCUT2D eigenvalue weighted by atomic mass is 32.2. The predicted octanol–water partition coefficient (Wildman–Crippen LogP) is 0.963. The first kappa shape index (κ1) is 17.9. The maximum absolute atomic E-state index is 11.6. The second-order valence-electron chi connectivity index (χ2n) is 6.59. The van der Waals surface area contributed by atoms with Gasteiger partial charge in [0, 0.05) is 25.7 Å². The average Bonchev–Trinajstić information content (AvgIpc) is 2.35. The highest BCUT2D eigenvalue weighted by Crippen LogP contribution is 2.19. The van der Waals surface area contributed by atoms with Crippen LogP contribution >= 0.6 is 0 Å². The summed E-state index contributed by atoms with van der Waals surface area (Å²) in [5, 5.41) is 0. The van der Waals surface area contributed by atoms with Gasteiger partial charge in [0.25, 0.3) is 0 Å². The van der Waals surface area contributed by atoms with Crippen molar-refractivity contribution in [2.75, 3.05) is 39.5 Å². The van der Waals surface area contributed by atoms with Crippen LogP contribution in [0.2, 0.25) is 0 Å². The van der Waals surface area contributed by atoms with E-state index in [4.69, 9.17) is 5.73 Å². The van der Waals surface area contributed by atoms with Crippen LogP contribution in [0.25, 0.3) is 0 Å². The van der Waals surface area contributed by atoms with Crippen molar-refractivity contribution in [3.05, 3.63) is 0 Å². The molecule has 0 bridgehead atoms. The van der Waals surface area contributed by atoms with Gasteiger partial charge in [-0.05, 0) is 44.7 Å². The minimum Gasteiger partial charge on any atom is -0.327 e. The molecule has 0 amide bonds. The van der Waals surface area contributed by atoms with E-state index in [1.54, 1.807) is 4.31 Å². The van der Waals surface area contributed by atoms with E-state index in [0.29, 0.717) is 24.9 Å². The highest BCUT2D eigenvalue weighted by Gasteiger charge is 2.26. The molecule has 20 heavy (non-hydrogen) atoms. The summed E-state index contributed by atoms with van der Waals surface area (Å²) in [6.07, 6.45) is 4.39. The van der Waals surface area contributed by atoms with Crippen LogP contribution in [0.5, 0.6) is 0 Å². The molecule has 1 aliphatic heterocycles. The van der Waals surface area contributed by atoms with Gasteiger partial charge in [-0.2, -0.15) is 0 Å². The lowest BCUT2D eigenvalue weighted by Gasteiger charge is -2.33. The van der Waals surface area contributed by atoms with Crippen LogP contribution in [0.15, 0.2) is 0 Å². The Kier molecular flexibility index (Phi) is 6.91. The zero-order valence-electron chi connectivity index (χ0n) is 13.4. The molecule has 1 saturated heterocycles. The molecule has 120 valence electrons.